The Bertz CT molecular complexity index is 1040. The first kappa shape index (κ1) is 20.5. The third kappa shape index (κ3) is 4.67. The van der Waals surface area contributed by atoms with Gasteiger partial charge in [0.1, 0.15) is 6.54 Å². The zero-order valence-electron chi connectivity index (χ0n) is 17.1. The summed E-state index contributed by atoms with van der Waals surface area (Å²) in [6.07, 6.45) is 3.10. The van der Waals surface area contributed by atoms with Crippen molar-refractivity contribution in [1.29, 1.82) is 0 Å². The van der Waals surface area contributed by atoms with Gasteiger partial charge in [0.25, 0.3) is 0 Å². The number of thioether (sulfide) groups is 1. The third-order valence-electron chi connectivity index (χ3n) is 5.35. The lowest BCUT2D eigenvalue weighted by atomic mass is 10.1. The van der Waals surface area contributed by atoms with Crippen LogP contribution in [0.1, 0.15) is 25.3 Å². The van der Waals surface area contributed by atoms with Crippen molar-refractivity contribution in [2.24, 2.45) is 0 Å². The second-order valence-corrected chi connectivity index (χ2v) is 8.39. The molecule has 0 bridgehead atoms. The topological polar surface area (TPSA) is 67.2 Å². The van der Waals surface area contributed by atoms with Gasteiger partial charge in [-0.1, -0.05) is 43.0 Å². The molecule has 1 N–H and O–H groups in total. The van der Waals surface area contributed by atoms with Crippen molar-refractivity contribution in [3.05, 3.63) is 54.1 Å². The van der Waals surface area contributed by atoms with Crippen LogP contribution in [0.3, 0.4) is 0 Å². The molecule has 0 radical (unpaired) electrons. The molecular formula is C23H26N4O2S. The summed E-state index contributed by atoms with van der Waals surface area (Å²) in [7, 11) is 0. The van der Waals surface area contributed by atoms with Gasteiger partial charge in [-0.3, -0.25) is 9.59 Å². The number of nitrogens with zero attached hydrogens (tertiary/aromatic N) is 3. The average molecular weight is 423 g/mol. The first-order chi connectivity index (χ1) is 14.6. The lowest BCUT2D eigenvalue weighted by molar-refractivity contribution is -0.130. The van der Waals surface area contributed by atoms with E-state index < -0.39 is 0 Å². The Balaban J connectivity index is 1.46. The molecule has 30 heavy (non-hydrogen) atoms. The number of likely N-dealkylation sites (tertiary alicyclic amines) is 1. The number of rotatable bonds is 7. The molecule has 4 rings (SSSR count). The number of para-hydroxylation sites is 2. The van der Waals surface area contributed by atoms with Crippen LogP contribution in [-0.4, -0.2) is 45.1 Å². The van der Waals surface area contributed by atoms with E-state index in [4.69, 9.17) is 0 Å². The van der Waals surface area contributed by atoms with Crippen LogP contribution in [0.5, 0.6) is 0 Å². The number of nitrogens with one attached hydrogen (secondary N) is 1. The Hall–Kier alpha value is -2.80. The number of hydrogen-bond donors (Lipinski definition) is 1. The maximum absolute atomic E-state index is 12.7. The number of aryl methyl sites for hydroxylation is 1. The van der Waals surface area contributed by atoms with Gasteiger partial charge in [-0.25, -0.2) is 4.98 Å². The second kappa shape index (κ2) is 9.34. The lowest BCUT2D eigenvalue weighted by Crippen LogP contribution is -2.31. The van der Waals surface area contributed by atoms with Crippen LogP contribution in [0.15, 0.2) is 53.7 Å². The summed E-state index contributed by atoms with van der Waals surface area (Å²) in [5.41, 5.74) is 3.78. The van der Waals surface area contributed by atoms with Gasteiger partial charge in [0.2, 0.25) is 11.8 Å². The molecule has 2 heterocycles. The minimum Gasteiger partial charge on any atom is -0.341 e. The van der Waals surface area contributed by atoms with Gasteiger partial charge in [0.15, 0.2) is 5.16 Å². The van der Waals surface area contributed by atoms with Crippen molar-refractivity contribution in [3.63, 3.8) is 0 Å². The minimum atomic E-state index is -0.0891. The van der Waals surface area contributed by atoms with E-state index in [1.54, 1.807) is 0 Å². The van der Waals surface area contributed by atoms with Crippen LogP contribution in [0.2, 0.25) is 0 Å². The highest BCUT2D eigenvalue weighted by atomic mass is 32.2. The Labute approximate surface area is 180 Å². The molecule has 7 heteroatoms. The number of imidazole rings is 1. The van der Waals surface area contributed by atoms with Crippen LogP contribution >= 0.6 is 11.8 Å². The summed E-state index contributed by atoms with van der Waals surface area (Å²) < 4.78 is 1.93. The molecule has 2 amide bonds. The average Bonchev–Trinajstić information content (AvgIpc) is 3.42. The fourth-order valence-electron chi connectivity index (χ4n) is 3.67. The van der Waals surface area contributed by atoms with E-state index in [1.165, 1.54) is 17.3 Å². The number of carbonyl (C=O) groups is 2. The predicted molar refractivity (Wildman–Crippen MR) is 121 cm³/mol. The van der Waals surface area contributed by atoms with E-state index in [9.17, 15) is 9.59 Å². The Kier molecular flexibility index (Phi) is 6.38. The number of anilines is 1. The van der Waals surface area contributed by atoms with Crippen molar-refractivity contribution < 1.29 is 9.59 Å². The van der Waals surface area contributed by atoms with E-state index in [2.05, 4.69) is 17.2 Å². The first-order valence-corrected chi connectivity index (χ1v) is 11.4. The number of carbonyl (C=O) groups excluding carboxylic acids is 2. The van der Waals surface area contributed by atoms with E-state index in [1.807, 2.05) is 58.0 Å². The molecular weight excluding hydrogens is 396 g/mol. The van der Waals surface area contributed by atoms with Gasteiger partial charge < -0.3 is 14.8 Å². The van der Waals surface area contributed by atoms with Crippen molar-refractivity contribution >= 4 is 40.3 Å². The van der Waals surface area contributed by atoms with Gasteiger partial charge in [-0.15, -0.1) is 0 Å². The summed E-state index contributed by atoms with van der Waals surface area (Å²) >= 11 is 1.36. The standard InChI is InChI=1S/C23H26N4O2S/c1-2-17-9-11-18(12-10-17)24-21(28)16-30-23-25-19-7-3-4-8-20(19)27(23)15-22(29)26-13-5-6-14-26/h3-4,7-12H,2,5-6,13-16H2,1H3,(H,24,28). The normalized spacial score (nSPS) is 13.7. The van der Waals surface area contributed by atoms with Gasteiger partial charge in [0.05, 0.1) is 16.8 Å². The molecule has 0 unspecified atom stereocenters. The summed E-state index contributed by atoms with van der Waals surface area (Å²) in [4.78, 5) is 31.8. The third-order valence-corrected chi connectivity index (χ3v) is 6.33. The minimum absolute atomic E-state index is 0.0891. The molecule has 0 aliphatic carbocycles. The quantitative estimate of drug-likeness (QED) is 0.586. The summed E-state index contributed by atoms with van der Waals surface area (Å²) in [6, 6.07) is 15.7. The molecule has 1 aliphatic rings. The second-order valence-electron chi connectivity index (χ2n) is 7.44. The summed E-state index contributed by atoms with van der Waals surface area (Å²) in [5, 5.41) is 3.62. The zero-order chi connectivity index (χ0) is 20.9. The van der Waals surface area contributed by atoms with Crippen molar-refractivity contribution in [1.82, 2.24) is 14.5 Å². The number of hydrogen-bond acceptors (Lipinski definition) is 4. The van der Waals surface area contributed by atoms with E-state index in [0.29, 0.717) is 5.16 Å². The van der Waals surface area contributed by atoms with Crippen LogP contribution in [0.25, 0.3) is 11.0 Å². The zero-order valence-corrected chi connectivity index (χ0v) is 18.0. The number of amides is 2. The largest absolute Gasteiger partial charge is 0.341 e. The number of benzene rings is 2. The molecule has 156 valence electrons. The van der Waals surface area contributed by atoms with Gasteiger partial charge in [-0.05, 0) is 49.1 Å². The van der Waals surface area contributed by atoms with Crippen molar-refractivity contribution in [2.75, 3.05) is 24.2 Å². The summed E-state index contributed by atoms with van der Waals surface area (Å²) in [5.74, 6) is 0.253. The lowest BCUT2D eigenvalue weighted by Gasteiger charge is -2.17. The van der Waals surface area contributed by atoms with Gasteiger partial charge in [0, 0.05) is 18.8 Å². The van der Waals surface area contributed by atoms with E-state index >= 15 is 0 Å². The molecule has 6 nitrogen and oxygen atoms in total. The van der Waals surface area contributed by atoms with Crippen molar-refractivity contribution in [2.45, 2.75) is 37.9 Å². The van der Waals surface area contributed by atoms with Crippen LogP contribution < -0.4 is 5.32 Å². The van der Waals surface area contributed by atoms with E-state index in [-0.39, 0.29) is 24.1 Å². The highest BCUT2D eigenvalue weighted by Gasteiger charge is 2.21. The predicted octanol–water partition coefficient (Wildman–Crippen LogP) is 3.95. The smallest absolute Gasteiger partial charge is 0.242 e. The Morgan fingerprint density at radius 3 is 2.53 bits per heavy atom. The first-order valence-electron chi connectivity index (χ1n) is 10.4. The number of fused-ring (bicyclic) bond motifs is 1. The molecule has 0 spiro atoms. The Morgan fingerprint density at radius 2 is 1.80 bits per heavy atom. The van der Waals surface area contributed by atoms with E-state index in [0.717, 1.165) is 49.1 Å². The molecule has 1 aromatic heterocycles. The van der Waals surface area contributed by atoms with Crippen molar-refractivity contribution in [3.8, 4) is 0 Å². The highest BCUT2D eigenvalue weighted by molar-refractivity contribution is 7.99. The van der Waals surface area contributed by atoms with Crippen LogP contribution in [-0.2, 0) is 22.6 Å². The summed E-state index contributed by atoms with van der Waals surface area (Å²) in [6.45, 7) is 4.01. The molecule has 1 fully saturated rings. The van der Waals surface area contributed by atoms with Gasteiger partial charge >= 0.3 is 0 Å². The molecule has 0 atom stereocenters. The molecule has 3 aromatic rings. The highest BCUT2D eigenvalue weighted by Crippen LogP contribution is 2.25. The molecule has 0 saturated carbocycles. The fourth-order valence-corrected chi connectivity index (χ4v) is 4.48. The molecule has 1 saturated heterocycles. The maximum Gasteiger partial charge on any atom is 0.242 e. The monoisotopic (exact) mass is 422 g/mol. The van der Waals surface area contributed by atoms with Crippen LogP contribution in [0, 0.1) is 0 Å². The van der Waals surface area contributed by atoms with Gasteiger partial charge in [-0.2, -0.15) is 0 Å². The maximum atomic E-state index is 12.7. The fraction of sp³-hybridized carbons (Fsp3) is 0.348. The number of aromatic nitrogens is 2. The molecule has 2 aromatic carbocycles. The van der Waals surface area contributed by atoms with Crippen LogP contribution in [0.4, 0.5) is 5.69 Å². The molecule has 1 aliphatic heterocycles. The Morgan fingerprint density at radius 1 is 1.07 bits per heavy atom. The SMILES string of the molecule is CCc1ccc(NC(=O)CSc2nc3ccccc3n2CC(=O)N2CCCC2)cc1.